The largest absolute Gasteiger partial charge is 0.354 e. The predicted molar refractivity (Wildman–Crippen MR) is 121 cm³/mol. The van der Waals surface area contributed by atoms with Crippen LogP contribution in [0.25, 0.3) is 22.3 Å². The van der Waals surface area contributed by atoms with Gasteiger partial charge < -0.3 is 16.0 Å². The Morgan fingerprint density at radius 3 is 2.82 bits per heavy atom. The number of thiophene rings is 1. The third-order valence-electron chi connectivity index (χ3n) is 6.26. The number of aromatic nitrogens is 3. The third kappa shape index (κ3) is 3.49. The summed E-state index contributed by atoms with van der Waals surface area (Å²) in [5.41, 5.74) is 2.95. The maximum atomic E-state index is 12.1. The standard InChI is InChI=1S/C22H21N7O3S/c1-23-20(31)16-5-4-15(33-16)13-7-17(22(10-24-22)8-11-2-3-11)29-18(26-13)12(9-25-29)6-14-19(30)28-21(32)27-14/h4-7,9,11,24H,2-3,8,10H2,1H3,(H,23,31)(H2,27,28,30,32)/b14-6-. The number of nitrogens with zero attached hydrogens (tertiary/aromatic N) is 3. The van der Waals surface area contributed by atoms with Crippen molar-refractivity contribution in [2.24, 2.45) is 5.92 Å². The lowest BCUT2D eigenvalue weighted by Crippen LogP contribution is -2.22. The topological polar surface area (TPSA) is 139 Å². The van der Waals surface area contributed by atoms with Crippen molar-refractivity contribution < 1.29 is 14.4 Å². The van der Waals surface area contributed by atoms with Crippen LogP contribution in [0.1, 0.15) is 40.2 Å². The van der Waals surface area contributed by atoms with Gasteiger partial charge in [0.05, 0.1) is 32.9 Å². The van der Waals surface area contributed by atoms with Crippen molar-refractivity contribution >= 4 is 40.9 Å². The summed E-state index contributed by atoms with van der Waals surface area (Å²) in [6, 6.07) is 5.17. The molecule has 5 heterocycles. The van der Waals surface area contributed by atoms with E-state index in [1.54, 1.807) is 25.4 Å². The highest BCUT2D eigenvalue weighted by atomic mass is 32.1. The molecule has 4 amide bonds. The van der Waals surface area contributed by atoms with E-state index in [2.05, 4.69) is 26.4 Å². The predicted octanol–water partition coefficient (Wildman–Crippen LogP) is 1.60. The summed E-state index contributed by atoms with van der Waals surface area (Å²) >= 11 is 1.37. The van der Waals surface area contributed by atoms with Crippen LogP contribution >= 0.6 is 11.3 Å². The fourth-order valence-electron chi connectivity index (χ4n) is 4.26. The van der Waals surface area contributed by atoms with Gasteiger partial charge in [0.2, 0.25) is 0 Å². The van der Waals surface area contributed by atoms with Crippen LogP contribution in [-0.2, 0) is 10.3 Å². The highest BCUT2D eigenvalue weighted by Gasteiger charge is 2.49. The maximum Gasteiger partial charge on any atom is 0.326 e. The Bertz CT molecular complexity index is 1360. The van der Waals surface area contributed by atoms with Crippen LogP contribution in [0, 0.1) is 5.92 Å². The highest BCUT2D eigenvalue weighted by molar-refractivity contribution is 7.17. The number of hydrogen-bond donors (Lipinski definition) is 4. The molecule has 2 saturated heterocycles. The Balaban J connectivity index is 1.50. The summed E-state index contributed by atoms with van der Waals surface area (Å²) in [5.74, 6) is 0.0837. The fourth-order valence-corrected chi connectivity index (χ4v) is 5.17. The van der Waals surface area contributed by atoms with E-state index in [1.807, 2.05) is 16.6 Å². The minimum absolute atomic E-state index is 0.139. The quantitative estimate of drug-likeness (QED) is 0.249. The molecule has 168 valence electrons. The molecule has 4 N–H and O–H groups in total. The number of carbonyl (C=O) groups excluding carboxylic acids is 3. The van der Waals surface area contributed by atoms with Crippen LogP contribution in [0.2, 0.25) is 0 Å². The Morgan fingerprint density at radius 1 is 1.33 bits per heavy atom. The summed E-state index contributed by atoms with van der Waals surface area (Å²) < 4.78 is 1.82. The molecule has 6 rings (SSSR count). The third-order valence-corrected chi connectivity index (χ3v) is 7.36. The zero-order valence-corrected chi connectivity index (χ0v) is 18.6. The number of urea groups is 1. The fraction of sp³-hybridized carbons (Fsp3) is 0.318. The average molecular weight is 464 g/mol. The van der Waals surface area contributed by atoms with Crippen molar-refractivity contribution in [2.45, 2.75) is 24.8 Å². The van der Waals surface area contributed by atoms with Crippen molar-refractivity contribution in [1.82, 2.24) is 35.9 Å². The molecule has 0 aromatic carbocycles. The Hall–Kier alpha value is -3.57. The molecule has 3 aliphatic rings. The minimum atomic E-state index is -0.553. The molecule has 1 unspecified atom stereocenters. The van der Waals surface area contributed by atoms with E-state index in [4.69, 9.17) is 4.98 Å². The summed E-state index contributed by atoms with van der Waals surface area (Å²) in [7, 11) is 1.61. The lowest BCUT2D eigenvalue weighted by atomic mass is 9.97. The number of amides is 4. The summed E-state index contributed by atoms with van der Waals surface area (Å²) in [4.78, 5) is 42.0. The van der Waals surface area contributed by atoms with Gasteiger partial charge in [-0.05, 0) is 36.6 Å². The molecule has 0 radical (unpaired) electrons. The van der Waals surface area contributed by atoms with Gasteiger partial charge in [0.25, 0.3) is 11.8 Å². The van der Waals surface area contributed by atoms with Gasteiger partial charge in [-0.15, -0.1) is 11.3 Å². The smallest absolute Gasteiger partial charge is 0.326 e. The van der Waals surface area contributed by atoms with Gasteiger partial charge in [-0.2, -0.15) is 5.10 Å². The van der Waals surface area contributed by atoms with Crippen LogP contribution in [-0.4, -0.2) is 46.0 Å². The van der Waals surface area contributed by atoms with Gasteiger partial charge in [-0.25, -0.2) is 14.3 Å². The van der Waals surface area contributed by atoms with Crippen molar-refractivity contribution in [3.8, 4) is 10.6 Å². The van der Waals surface area contributed by atoms with Gasteiger partial charge in [-0.3, -0.25) is 14.9 Å². The lowest BCUT2D eigenvalue weighted by Gasteiger charge is -2.16. The number of rotatable bonds is 6. The molecular weight excluding hydrogens is 442 g/mol. The van der Waals surface area contributed by atoms with Crippen LogP contribution in [0.3, 0.4) is 0 Å². The molecule has 3 aromatic rings. The number of nitrogens with one attached hydrogen (secondary N) is 4. The molecule has 3 fully saturated rings. The van der Waals surface area contributed by atoms with E-state index in [0.717, 1.165) is 29.2 Å². The molecule has 2 aliphatic heterocycles. The monoisotopic (exact) mass is 463 g/mol. The SMILES string of the molecule is CNC(=O)c1ccc(-c2cc(C3(CC4CC4)CN3)n3ncc(/C=C4\NC(=O)NC4=O)c3n2)s1. The zero-order chi connectivity index (χ0) is 22.7. The molecule has 1 saturated carbocycles. The summed E-state index contributed by atoms with van der Waals surface area (Å²) in [6.07, 6.45) is 6.76. The number of hydrogen-bond acceptors (Lipinski definition) is 7. The zero-order valence-electron chi connectivity index (χ0n) is 17.8. The van der Waals surface area contributed by atoms with Crippen LogP contribution in [0.4, 0.5) is 4.79 Å². The second kappa shape index (κ2) is 7.22. The maximum absolute atomic E-state index is 12.1. The summed E-state index contributed by atoms with van der Waals surface area (Å²) in [6.45, 7) is 0.866. The highest BCUT2D eigenvalue weighted by Crippen LogP contribution is 2.46. The van der Waals surface area contributed by atoms with Crippen LogP contribution < -0.4 is 21.3 Å². The normalized spacial score (nSPS) is 23.1. The van der Waals surface area contributed by atoms with E-state index >= 15 is 0 Å². The first-order valence-electron chi connectivity index (χ1n) is 10.8. The van der Waals surface area contributed by atoms with E-state index in [-0.39, 0.29) is 17.1 Å². The van der Waals surface area contributed by atoms with Gasteiger partial charge in [-0.1, -0.05) is 12.8 Å². The number of fused-ring (bicyclic) bond motifs is 1. The second-order valence-electron chi connectivity index (χ2n) is 8.65. The second-order valence-corrected chi connectivity index (χ2v) is 9.74. The molecule has 11 heteroatoms. The average Bonchev–Trinajstić information content (AvgIpc) is 3.65. The Labute approximate surface area is 192 Å². The first-order valence-corrected chi connectivity index (χ1v) is 11.6. The molecule has 33 heavy (non-hydrogen) atoms. The number of imide groups is 1. The van der Waals surface area contributed by atoms with E-state index in [0.29, 0.717) is 22.0 Å². The van der Waals surface area contributed by atoms with Crippen LogP contribution in [0.15, 0.2) is 30.1 Å². The first kappa shape index (κ1) is 20.1. The van der Waals surface area contributed by atoms with E-state index in [1.165, 1.54) is 24.2 Å². The lowest BCUT2D eigenvalue weighted by molar-refractivity contribution is -0.115. The molecule has 0 spiro atoms. The molecule has 1 aliphatic carbocycles. The molecule has 1 atom stereocenters. The number of carbonyl (C=O) groups is 3. The van der Waals surface area contributed by atoms with Gasteiger partial charge >= 0.3 is 6.03 Å². The van der Waals surface area contributed by atoms with Gasteiger partial charge in [0.15, 0.2) is 5.65 Å². The van der Waals surface area contributed by atoms with Crippen LogP contribution in [0.5, 0.6) is 0 Å². The molecule has 10 nitrogen and oxygen atoms in total. The molecule has 0 bridgehead atoms. The van der Waals surface area contributed by atoms with Gasteiger partial charge in [0, 0.05) is 19.2 Å². The Morgan fingerprint density at radius 2 is 2.15 bits per heavy atom. The first-order chi connectivity index (χ1) is 16.0. The molecular formula is C22H21N7O3S. The minimum Gasteiger partial charge on any atom is -0.354 e. The molecule has 3 aromatic heterocycles. The van der Waals surface area contributed by atoms with Gasteiger partial charge in [0.1, 0.15) is 5.70 Å². The van der Waals surface area contributed by atoms with Crippen molar-refractivity contribution in [1.29, 1.82) is 0 Å². The van der Waals surface area contributed by atoms with Crippen molar-refractivity contribution in [3.05, 3.63) is 46.2 Å². The van der Waals surface area contributed by atoms with Crippen molar-refractivity contribution in [3.63, 3.8) is 0 Å². The van der Waals surface area contributed by atoms with Crippen molar-refractivity contribution in [2.75, 3.05) is 13.6 Å². The Kier molecular flexibility index (Phi) is 4.39. The van der Waals surface area contributed by atoms with E-state index in [9.17, 15) is 14.4 Å². The summed E-state index contributed by atoms with van der Waals surface area (Å²) in [5, 5.41) is 15.5. The van der Waals surface area contributed by atoms with E-state index < -0.39 is 11.9 Å².